The molecule has 0 bridgehead atoms. The van der Waals surface area contributed by atoms with Crippen molar-refractivity contribution in [2.24, 2.45) is 0 Å². The van der Waals surface area contributed by atoms with Crippen molar-refractivity contribution in [1.82, 2.24) is 15.1 Å². The number of aryl methyl sites for hydroxylation is 2. The first-order valence-electron chi connectivity index (χ1n) is 6.36. The van der Waals surface area contributed by atoms with Gasteiger partial charge in [0.15, 0.2) is 0 Å². The standard InChI is InChI=1S/C12H21N3/c1-4-15-10(3)12(9(2)14-15)11-5-7-13-8-6-11/h11,13H,4-8H2,1-3H3/i/hT. The van der Waals surface area contributed by atoms with E-state index in [1.807, 2.05) is 0 Å². The van der Waals surface area contributed by atoms with Gasteiger partial charge >= 0.3 is 0 Å². The number of nitrogens with one attached hydrogen (secondary N) is 1. The molecule has 0 spiro atoms. The fraction of sp³-hybridized carbons (Fsp3) is 0.750. The Morgan fingerprint density at radius 1 is 1.47 bits per heavy atom. The maximum atomic E-state index is 7.59. The summed E-state index contributed by atoms with van der Waals surface area (Å²) in [7, 11) is 0. The van der Waals surface area contributed by atoms with Crippen molar-refractivity contribution in [3.8, 4) is 0 Å². The second-order valence-electron chi connectivity index (χ2n) is 4.35. The molecule has 0 atom stereocenters. The van der Waals surface area contributed by atoms with E-state index in [1.54, 1.807) is 5.31 Å². The molecule has 1 aliphatic heterocycles. The number of hydrogen-bond acceptors (Lipinski definition) is 2. The van der Waals surface area contributed by atoms with Crippen LogP contribution >= 0.6 is 0 Å². The summed E-state index contributed by atoms with van der Waals surface area (Å²) in [5.41, 5.74) is 3.95. The molecule has 1 aliphatic rings. The zero-order valence-electron chi connectivity index (χ0n) is 11.0. The van der Waals surface area contributed by atoms with Gasteiger partial charge in [-0.25, -0.2) is 0 Å². The largest absolute Gasteiger partial charge is 0.317 e. The Morgan fingerprint density at radius 2 is 2.13 bits per heavy atom. The summed E-state index contributed by atoms with van der Waals surface area (Å²) < 4.78 is 9.68. The topological polar surface area (TPSA) is 29.9 Å². The van der Waals surface area contributed by atoms with Crippen molar-refractivity contribution in [3.63, 3.8) is 0 Å². The van der Waals surface area contributed by atoms with Gasteiger partial charge in [0.2, 0.25) is 0 Å². The molecule has 0 aromatic carbocycles. The van der Waals surface area contributed by atoms with Crippen LogP contribution in [0, 0.1) is 13.8 Å². The highest BCUT2D eigenvalue weighted by molar-refractivity contribution is 5.29. The minimum Gasteiger partial charge on any atom is -0.317 e. The van der Waals surface area contributed by atoms with Crippen LogP contribution < -0.4 is 5.31 Å². The normalized spacial score (nSPS) is 20.6. The van der Waals surface area contributed by atoms with E-state index in [2.05, 4.69) is 30.6 Å². The molecule has 1 fully saturated rings. The number of aromatic nitrogens is 2. The average Bonchev–Trinajstić information content (AvgIpc) is 2.56. The van der Waals surface area contributed by atoms with Crippen LogP contribution in [-0.4, -0.2) is 22.9 Å². The minimum absolute atomic E-state index is 0.613. The zero-order chi connectivity index (χ0) is 11.7. The molecule has 2 heterocycles. The number of rotatable bonds is 2. The lowest BCUT2D eigenvalue weighted by Crippen LogP contribution is -2.27. The predicted molar refractivity (Wildman–Crippen MR) is 62.2 cm³/mol. The highest BCUT2D eigenvalue weighted by atomic mass is 15.3. The van der Waals surface area contributed by atoms with E-state index in [-0.39, 0.29) is 0 Å². The quantitative estimate of drug-likeness (QED) is 0.807. The van der Waals surface area contributed by atoms with Gasteiger partial charge in [-0.05, 0) is 58.2 Å². The lowest BCUT2D eigenvalue weighted by Gasteiger charge is -2.23. The third kappa shape index (κ3) is 1.93. The van der Waals surface area contributed by atoms with Gasteiger partial charge < -0.3 is 5.31 Å². The second-order valence-corrected chi connectivity index (χ2v) is 4.35. The van der Waals surface area contributed by atoms with E-state index in [1.165, 1.54) is 17.0 Å². The van der Waals surface area contributed by atoms with E-state index in [9.17, 15) is 0 Å². The van der Waals surface area contributed by atoms with Gasteiger partial charge in [-0.1, -0.05) is 0 Å². The first-order chi connectivity index (χ1) is 7.63. The molecule has 3 nitrogen and oxygen atoms in total. The van der Waals surface area contributed by atoms with E-state index >= 15 is 0 Å². The molecule has 0 saturated carbocycles. The molecule has 15 heavy (non-hydrogen) atoms. The molecule has 84 valence electrons. The van der Waals surface area contributed by atoms with Crippen molar-refractivity contribution in [1.29, 1.82) is 0 Å². The Balaban J connectivity index is 2.23. The van der Waals surface area contributed by atoms with E-state index in [0.717, 1.165) is 32.5 Å². The highest BCUT2D eigenvalue weighted by Crippen LogP contribution is 2.30. The van der Waals surface area contributed by atoms with Gasteiger partial charge in [-0.15, -0.1) is 0 Å². The van der Waals surface area contributed by atoms with Gasteiger partial charge in [0, 0.05) is 12.2 Å². The minimum atomic E-state index is 0.613. The fourth-order valence-electron chi connectivity index (χ4n) is 2.65. The molecular formula is C12H21N3. The lowest BCUT2D eigenvalue weighted by atomic mass is 9.89. The van der Waals surface area contributed by atoms with Crippen molar-refractivity contribution >= 4 is 0 Å². The van der Waals surface area contributed by atoms with Crippen LogP contribution in [-0.2, 0) is 6.54 Å². The van der Waals surface area contributed by atoms with Crippen LogP contribution in [0.15, 0.2) is 0 Å². The van der Waals surface area contributed by atoms with Gasteiger partial charge in [0.05, 0.1) is 5.69 Å². The van der Waals surface area contributed by atoms with Crippen molar-refractivity contribution in [2.75, 3.05) is 13.1 Å². The fourth-order valence-corrected chi connectivity index (χ4v) is 2.65. The molecule has 0 unspecified atom stereocenters. The van der Waals surface area contributed by atoms with E-state index < -0.39 is 0 Å². The van der Waals surface area contributed by atoms with Crippen molar-refractivity contribution in [3.05, 3.63) is 17.0 Å². The van der Waals surface area contributed by atoms with Crippen LogP contribution in [0.2, 0.25) is 1.41 Å². The van der Waals surface area contributed by atoms with E-state index in [0.29, 0.717) is 5.92 Å². The maximum Gasteiger partial charge on any atom is 0.122 e. The first-order valence-corrected chi connectivity index (χ1v) is 5.91. The summed E-state index contributed by atoms with van der Waals surface area (Å²) in [6, 6.07) is 0. The monoisotopic (exact) mass is 209 g/mol. The summed E-state index contributed by atoms with van der Waals surface area (Å²) in [5, 5.41) is 6.25. The van der Waals surface area contributed by atoms with Crippen LogP contribution in [0.1, 0.15) is 42.6 Å². The first kappa shape index (κ1) is 9.40. The van der Waals surface area contributed by atoms with Crippen LogP contribution in [0.3, 0.4) is 0 Å². The molecule has 1 aromatic heterocycles. The summed E-state index contributed by atoms with van der Waals surface area (Å²) in [6.45, 7) is 9.15. The third-order valence-corrected chi connectivity index (χ3v) is 3.42. The predicted octanol–water partition coefficient (Wildman–Crippen LogP) is 1.99. The molecule has 0 amide bonds. The van der Waals surface area contributed by atoms with Crippen molar-refractivity contribution in [2.45, 2.75) is 46.1 Å². The molecule has 0 radical (unpaired) electrons. The van der Waals surface area contributed by atoms with Gasteiger partial charge in [-0.3, -0.25) is 4.68 Å². The van der Waals surface area contributed by atoms with Crippen LogP contribution in [0.4, 0.5) is 0 Å². The highest BCUT2D eigenvalue weighted by Gasteiger charge is 2.22. The SMILES string of the molecule is [3H]N1CCC(c2c(C)nn(CC)c2C)CC1. The molecular weight excluding hydrogens is 186 g/mol. The lowest BCUT2D eigenvalue weighted by molar-refractivity contribution is 0.457. The number of piperidine rings is 1. The smallest absolute Gasteiger partial charge is 0.122 e. The number of nitrogens with zero attached hydrogens (tertiary/aromatic N) is 2. The van der Waals surface area contributed by atoms with Gasteiger partial charge in [0.25, 0.3) is 0 Å². The Labute approximate surface area is 93.3 Å². The average molecular weight is 209 g/mol. The summed E-state index contributed by atoms with van der Waals surface area (Å²) in [4.78, 5) is 0. The Hall–Kier alpha value is -0.830. The molecule has 1 N–H and O–H groups in total. The molecule has 3 heteroatoms. The van der Waals surface area contributed by atoms with Crippen LogP contribution in [0.5, 0.6) is 0 Å². The van der Waals surface area contributed by atoms with Crippen LogP contribution in [0.25, 0.3) is 0 Å². The Kier molecular flexibility index (Phi) is 2.73. The molecule has 0 aliphatic carbocycles. The van der Waals surface area contributed by atoms with Gasteiger partial charge in [0.1, 0.15) is 1.41 Å². The van der Waals surface area contributed by atoms with Crippen molar-refractivity contribution < 1.29 is 1.41 Å². The number of hydrogen-bond donors (Lipinski definition) is 1. The summed E-state index contributed by atoms with van der Waals surface area (Å²) >= 11 is 0. The second kappa shape index (κ2) is 4.35. The van der Waals surface area contributed by atoms with Gasteiger partial charge in [-0.2, -0.15) is 5.10 Å². The Bertz CT molecular complexity index is 365. The third-order valence-electron chi connectivity index (χ3n) is 3.42. The molecule has 1 saturated heterocycles. The summed E-state index contributed by atoms with van der Waals surface area (Å²) in [6.07, 6.45) is 2.20. The molecule has 2 rings (SSSR count). The summed E-state index contributed by atoms with van der Waals surface area (Å²) in [5.74, 6) is 0.613. The maximum absolute atomic E-state index is 7.59. The molecule has 1 aromatic rings. The zero-order valence-corrected chi connectivity index (χ0v) is 9.95. The van der Waals surface area contributed by atoms with E-state index in [4.69, 9.17) is 1.41 Å². The Morgan fingerprint density at radius 3 is 2.67 bits per heavy atom.